The molecule has 0 aromatic rings. The summed E-state index contributed by atoms with van der Waals surface area (Å²) in [5, 5.41) is 0. The Hall–Kier alpha value is -1.11. The molecule has 90 valence electrons. The van der Waals surface area contributed by atoms with E-state index in [9.17, 15) is 4.79 Å². The lowest BCUT2D eigenvalue weighted by atomic mass is 10.1. The molecule has 0 rings (SSSR count). The number of unbranched alkanes of at least 4 members (excludes halogenated alkanes) is 3. The van der Waals surface area contributed by atoms with Gasteiger partial charge in [-0.3, -0.25) is 0 Å². The molecule has 0 amide bonds. The van der Waals surface area contributed by atoms with Crippen molar-refractivity contribution in [3.8, 4) is 0 Å². The Bertz CT molecular complexity index is 246. The minimum atomic E-state index is 0.310. The first-order valence-electron chi connectivity index (χ1n) is 6.19. The van der Waals surface area contributed by atoms with E-state index in [1.54, 1.807) is 6.92 Å². The topological polar surface area (TPSA) is 17.1 Å². The van der Waals surface area contributed by atoms with Crippen LogP contribution < -0.4 is 0 Å². The molecule has 0 saturated heterocycles. The molecule has 0 bridgehead atoms. The van der Waals surface area contributed by atoms with Gasteiger partial charge in [-0.05, 0) is 39.5 Å². The van der Waals surface area contributed by atoms with Crippen molar-refractivity contribution in [3.63, 3.8) is 0 Å². The zero-order chi connectivity index (χ0) is 12.1. The second-order valence-corrected chi connectivity index (χ2v) is 3.96. The third-order valence-corrected chi connectivity index (χ3v) is 2.28. The molecule has 0 aliphatic heterocycles. The van der Waals surface area contributed by atoms with E-state index in [1.165, 1.54) is 12.8 Å². The summed E-state index contributed by atoms with van der Waals surface area (Å²) in [5.41, 5.74) is 0. The van der Waals surface area contributed by atoms with Gasteiger partial charge in [0.1, 0.15) is 5.78 Å². The summed E-state index contributed by atoms with van der Waals surface area (Å²) in [6.07, 6.45) is 19.0. The molecule has 0 spiro atoms. The van der Waals surface area contributed by atoms with E-state index < -0.39 is 0 Å². The number of Topliss-reactive ketones (excluding diaryl/α,β-unsaturated/α-hetero) is 1. The van der Waals surface area contributed by atoms with Crippen LogP contribution in [0.15, 0.2) is 36.5 Å². The summed E-state index contributed by atoms with van der Waals surface area (Å²) in [6, 6.07) is 0. The maximum absolute atomic E-state index is 10.7. The van der Waals surface area contributed by atoms with Gasteiger partial charge in [-0.1, -0.05) is 42.9 Å². The predicted molar refractivity (Wildman–Crippen MR) is 71.5 cm³/mol. The summed E-state index contributed by atoms with van der Waals surface area (Å²) in [7, 11) is 0. The standard InChI is InChI=1S/C15H24O/c1-3-4-5-6-7-8-9-10-11-12-13-14-15(2)16/h3-6,8-9H,7,10-14H2,1-2H3. The first kappa shape index (κ1) is 14.9. The highest BCUT2D eigenvalue weighted by atomic mass is 16.1. The third-order valence-electron chi connectivity index (χ3n) is 2.28. The van der Waals surface area contributed by atoms with E-state index in [4.69, 9.17) is 0 Å². The Morgan fingerprint density at radius 3 is 2.50 bits per heavy atom. The van der Waals surface area contributed by atoms with Crippen LogP contribution in [0.25, 0.3) is 0 Å². The monoisotopic (exact) mass is 220 g/mol. The lowest BCUT2D eigenvalue weighted by molar-refractivity contribution is -0.117. The first-order valence-corrected chi connectivity index (χ1v) is 6.19. The molecule has 0 atom stereocenters. The molecule has 0 N–H and O–H groups in total. The molecule has 0 radical (unpaired) electrons. The lowest BCUT2D eigenvalue weighted by Gasteiger charge is -1.95. The Morgan fingerprint density at radius 2 is 1.81 bits per heavy atom. The zero-order valence-corrected chi connectivity index (χ0v) is 10.6. The Labute approximate surface area is 99.9 Å². The van der Waals surface area contributed by atoms with Crippen LogP contribution in [-0.4, -0.2) is 5.78 Å². The maximum Gasteiger partial charge on any atom is 0.129 e. The third kappa shape index (κ3) is 12.9. The summed E-state index contributed by atoms with van der Waals surface area (Å²) >= 11 is 0. The number of hydrogen-bond donors (Lipinski definition) is 0. The molecule has 1 nitrogen and oxygen atoms in total. The van der Waals surface area contributed by atoms with Gasteiger partial charge in [-0.25, -0.2) is 0 Å². The fraction of sp³-hybridized carbons (Fsp3) is 0.533. The van der Waals surface area contributed by atoms with Crippen molar-refractivity contribution in [1.29, 1.82) is 0 Å². The second-order valence-electron chi connectivity index (χ2n) is 3.96. The van der Waals surface area contributed by atoms with E-state index in [0.29, 0.717) is 5.78 Å². The van der Waals surface area contributed by atoms with Crippen molar-refractivity contribution in [2.24, 2.45) is 0 Å². The normalized spacial score (nSPS) is 12.1. The average Bonchev–Trinajstić information content (AvgIpc) is 2.25. The van der Waals surface area contributed by atoms with Gasteiger partial charge >= 0.3 is 0 Å². The number of hydrogen-bond acceptors (Lipinski definition) is 1. The lowest BCUT2D eigenvalue weighted by Crippen LogP contribution is -1.88. The van der Waals surface area contributed by atoms with Crippen molar-refractivity contribution in [2.75, 3.05) is 0 Å². The van der Waals surface area contributed by atoms with Crippen LogP contribution in [0.2, 0.25) is 0 Å². The molecule has 0 aliphatic rings. The predicted octanol–water partition coefficient (Wildman–Crippen LogP) is 4.60. The van der Waals surface area contributed by atoms with E-state index in [0.717, 1.165) is 25.7 Å². The van der Waals surface area contributed by atoms with E-state index in [1.807, 2.05) is 19.1 Å². The Kier molecular flexibility index (Phi) is 11.1. The number of allylic oxidation sites excluding steroid dienone is 6. The molecule has 0 heterocycles. The van der Waals surface area contributed by atoms with Gasteiger partial charge in [0.05, 0.1) is 0 Å². The van der Waals surface area contributed by atoms with Gasteiger partial charge in [-0.15, -0.1) is 0 Å². The second kappa shape index (κ2) is 12.0. The summed E-state index contributed by atoms with van der Waals surface area (Å²) < 4.78 is 0. The maximum atomic E-state index is 10.7. The number of carbonyl (C=O) groups is 1. The number of ketones is 1. The van der Waals surface area contributed by atoms with Crippen LogP contribution in [-0.2, 0) is 4.79 Å². The van der Waals surface area contributed by atoms with Crippen molar-refractivity contribution in [3.05, 3.63) is 36.5 Å². The number of carbonyl (C=O) groups excluding carboxylic acids is 1. The molecule has 0 aliphatic carbocycles. The highest BCUT2D eigenvalue weighted by Crippen LogP contribution is 2.04. The minimum Gasteiger partial charge on any atom is -0.300 e. The van der Waals surface area contributed by atoms with Gasteiger partial charge in [-0.2, -0.15) is 0 Å². The van der Waals surface area contributed by atoms with Crippen LogP contribution >= 0.6 is 0 Å². The molecule has 0 fully saturated rings. The zero-order valence-electron chi connectivity index (χ0n) is 10.6. The average molecular weight is 220 g/mol. The van der Waals surface area contributed by atoms with E-state index in [2.05, 4.69) is 24.3 Å². The molecular formula is C15H24O. The molecule has 0 aromatic heterocycles. The Morgan fingerprint density at radius 1 is 1.00 bits per heavy atom. The van der Waals surface area contributed by atoms with Crippen LogP contribution in [0.1, 0.15) is 52.4 Å². The van der Waals surface area contributed by atoms with Gasteiger partial charge in [0.15, 0.2) is 0 Å². The largest absolute Gasteiger partial charge is 0.300 e. The van der Waals surface area contributed by atoms with Gasteiger partial charge < -0.3 is 4.79 Å². The van der Waals surface area contributed by atoms with Gasteiger partial charge in [0.2, 0.25) is 0 Å². The molecule has 1 heteroatoms. The molecule has 0 aromatic carbocycles. The molecule has 0 unspecified atom stereocenters. The van der Waals surface area contributed by atoms with Crippen LogP contribution in [0.4, 0.5) is 0 Å². The number of rotatable bonds is 9. The van der Waals surface area contributed by atoms with Crippen LogP contribution in [0.3, 0.4) is 0 Å². The van der Waals surface area contributed by atoms with Gasteiger partial charge in [0, 0.05) is 6.42 Å². The minimum absolute atomic E-state index is 0.310. The summed E-state index contributed by atoms with van der Waals surface area (Å²) in [4.78, 5) is 10.7. The van der Waals surface area contributed by atoms with Crippen LogP contribution in [0.5, 0.6) is 0 Å². The van der Waals surface area contributed by atoms with E-state index in [-0.39, 0.29) is 0 Å². The SMILES string of the molecule is CC=CC=CCC=CCCCCCC(C)=O. The van der Waals surface area contributed by atoms with E-state index >= 15 is 0 Å². The van der Waals surface area contributed by atoms with Crippen molar-refractivity contribution in [1.82, 2.24) is 0 Å². The Balaban J connectivity index is 3.24. The van der Waals surface area contributed by atoms with Crippen molar-refractivity contribution in [2.45, 2.75) is 52.4 Å². The van der Waals surface area contributed by atoms with Crippen LogP contribution in [0, 0.1) is 0 Å². The highest BCUT2D eigenvalue weighted by molar-refractivity contribution is 5.75. The molecule has 0 saturated carbocycles. The quantitative estimate of drug-likeness (QED) is 0.315. The van der Waals surface area contributed by atoms with Crippen molar-refractivity contribution >= 4 is 5.78 Å². The fourth-order valence-electron chi connectivity index (χ4n) is 1.37. The summed E-state index contributed by atoms with van der Waals surface area (Å²) in [6.45, 7) is 3.68. The fourth-order valence-corrected chi connectivity index (χ4v) is 1.37. The highest BCUT2D eigenvalue weighted by Gasteiger charge is 1.92. The molecular weight excluding hydrogens is 196 g/mol. The van der Waals surface area contributed by atoms with Crippen molar-refractivity contribution < 1.29 is 4.79 Å². The summed E-state index contributed by atoms with van der Waals surface area (Å²) in [5.74, 6) is 0.310. The molecule has 16 heavy (non-hydrogen) atoms. The van der Waals surface area contributed by atoms with Gasteiger partial charge in [0.25, 0.3) is 0 Å². The first-order chi connectivity index (χ1) is 7.77. The smallest absolute Gasteiger partial charge is 0.129 e.